The average Bonchev–Trinajstić information content (AvgIpc) is 2.29. The molecule has 0 saturated heterocycles. The summed E-state index contributed by atoms with van der Waals surface area (Å²) in [6.07, 6.45) is 1.67. The summed E-state index contributed by atoms with van der Waals surface area (Å²) in [4.78, 5) is 15.6. The third kappa shape index (κ3) is 2.07. The van der Waals surface area contributed by atoms with Crippen molar-refractivity contribution in [1.82, 2.24) is 4.98 Å². The first kappa shape index (κ1) is 11.1. The minimum Gasteiger partial charge on any atom is -0.461 e. The normalized spacial score (nSPS) is 10.4. The highest BCUT2D eigenvalue weighted by Gasteiger charge is 2.09. The van der Waals surface area contributed by atoms with Crippen molar-refractivity contribution in [3.8, 4) is 0 Å². The topological polar surface area (TPSA) is 39.2 Å². The Morgan fingerprint density at radius 2 is 2.31 bits per heavy atom. The first-order valence-corrected chi connectivity index (χ1v) is 5.73. The molecule has 0 amide bonds. The fraction of sp³-hybridized carbons (Fsp3) is 0.167. The van der Waals surface area contributed by atoms with Crippen molar-refractivity contribution in [3.05, 3.63) is 40.6 Å². The van der Waals surface area contributed by atoms with Gasteiger partial charge < -0.3 is 4.74 Å². The van der Waals surface area contributed by atoms with Gasteiger partial charge in [-0.2, -0.15) is 0 Å². The van der Waals surface area contributed by atoms with Crippen molar-refractivity contribution in [2.24, 2.45) is 0 Å². The molecule has 0 saturated carbocycles. The number of halogens is 1. The molecule has 3 nitrogen and oxygen atoms in total. The van der Waals surface area contributed by atoms with Crippen LogP contribution in [0.1, 0.15) is 17.4 Å². The number of ether oxygens (including phenoxy) is 1. The Kier molecular flexibility index (Phi) is 3.19. The van der Waals surface area contributed by atoms with Crippen molar-refractivity contribution in [1.29, 1.82) is 0 Å². The standard InChI is InChI=1S/C12H10BrNO2/c1-2-16-12(15)11-6-9-8(7-14-11)4-3-5-10(9)13/h3-7H,2H2,1H3. The third-order valence-corrected chi connectivity index (χ3v) is 2.89. The molecule has 0 spiro atoms. The number of fused-ring (bicyclic) bond motifs is 1. The zero-order valence-corrected chi connectivity index (χ0v) is 10.3. The van der Waals surface area contributed by atoms with Crippen molar-refractivity contribution in [2.75, 3.05) is 6.61 Å². The van der Waals surface area contributed by atoms with Gasteiger partial charge in [0.2, 0.25) is 0 Å². The molecule has 0 unspecified atom stereocenters. The molecule has 1 heterocycles. The van der Waals surface area contributed by atoms with Crippen LogP contribution in [0.2, 0.25) is 0 Å². The van der Waals surface area contributed by atoms with E-state index in [1.807, 2.05) is 18.2 Å². The fourth-order valence-corrected chi connectivity index (χ4v) is 1.94. The summed E-state index contributed by atoms with van der Waals surface area (Å²) in [5.74, 6) is -0.389. The number of hydrogen-bond acceptors (Lipinski definition) is 3. The maximum absolute atomic E-state index is 11.5. The van der Waals surface area contributed by atoms with E-state index in [2.05, 4.69) is 20.9 Å². The van der Waals surface area contributed by atoms with E-state index in [9.17, 15) is 4.79 Å². The van der Waals surface area contributed by atoms with Gasteiger partial charge in [-0.3, -0.25) is 0 Å². The molecule has 1 aromatic heterocycles. The average molecular weight is 280 g/mol. The number of carbonyl (C=O) groups excluding carboxylic acids is 1. The van der Waals surface area contributed by atoms with E-state index >= 15 is 0 Å². The molecule has 0 bridgehead atoms. The van der Waals surface area contributed by atoms with Gasteiger partial charge in [-0.05, 0) is 24.4 Å². The Bertz CT molecular complexity index is 540. The Labute approximate surface area is 102 Å². The van der Waals surface area contributed by atoms with Gasteiger partial charge in [0, 0.05) is 16.1 Å². The number of carbonyl (C=O) groups is 1. The Morgan fingerprint density at radius 3 is 3.06 bits per heavy atom. The van der Waals surface area contributed by atoms with Crippen LogP contribution in [0.15, 0.2) is 34.9 Å². The summed E-state index contributed by atoms with van der Waals surface area (Å²) >= 11 is 3.44. The monoisotopic (exact) mass is 279 g/mol. The lowest BCUT2D eigenvalue weighted by Gasteiger charge is -2.03. The fourth-order valence-electron chi connectivity index (χ4n) is 1.45. The highest BCUT2D eigenvalue weighted by molar-refractivity contribution is 9.10. The highest BCUT2D eigenvalue weighted by atomic mass is 79.9. The van der Waals surface area contributed by atoms with E-state index in [4.69, 9.17) is 4.74 Å². The third-order valence-electron chi connectivity index (χ3n) is 2.19. The molecular weight excluding hydrogens is 270 g/mol. The Morgan fingerprint density at radius 1 is 1.50 bits per heavy atom. The van der Waals surface area contributed by atoms with Crippen LogP contribution in [-0.4, -0.2) is 17.6 Å². The van der Waals surface area contributed by atoms with Crippen LogP contribution < -0.4 is 0 Å². The molecule has 82 valence electrons. The second kappa shape index (κ2) is 4.61. The van der Waals surface area contributed by atoms with Gasteiger partial charge in [0.15, 0.2) is 0 Å². The zero-order valence-electron chi connectivity index (χ0n) is 8.74. The molecule has 0 aliphatic rings. The zero-order chi connectivity index (χ0) is 11.5. The molecule has 0 aliphatic carbocycles. The number of aromatic nitrogens is 1. The van der Waals surface area contributed by atoms with Crippen LogP contribution in [0.4, 0.5) is 0 Å². The first-order chi connectivity index (χ1) is 7.72. The lowest BCUT2D eigenvalue weighted by atomic mass is 10.1. The van der Waals surface area contributed by atoms with Crippen molar-refractivity contribution in [3.63, 3.8) is 0 Å². The van der Waals surface area contributed by atoms with Gasteiger partial charge in [-0.1, -0.05) is 28.1 Å². The molecule has 16 heavy (non-hydrogen) atoms. The summed E-state index contributed by atoms with van der Waals surface area (Å²) in [6, 6.07) is 7.54. The quantitative estimate of drug-likeness (QED) is 0.793. The van der Waals surface area contributed by atoms with Crippen LogP contribution in [0.25, 0.3) is 10.8 Å². The van der Waals surface area contributed by atoms with Crippen molar-refractivity contribution in [2.45, 2.75) is 6.92 Å². The number of rotatable bonds is 2. The maximum atomic E-state index is 11.5. The Balaban J connectivity index is 2.51. The van der Waals surface area contributed by atoms with Gasteiger partial charge >= 0.3 is 5.97 Å². The summed E-state index contributed by atoms with van der Waals surface area (Å²) in [6.45, 7) is 2.13. The van der Waals surface area contributed by atoms with Crippen molar-refractivity contribution >= 4 is 32.7 Å². The van der Waals surface area contributed by atoms with Gasteiger partial charge in [0.25, 0.3) is 0 Å². The number of hydrogen-bond donors (Lipinski definition) is 0. The summed E-state index contributed by atoms with van der Waals surface area (Å²) < 4.78 is 5.84. The SMILES string of the molecule is CCOC(=O)c1cc2c(Br)cccc2cn1. The van der Waals surface area contributed by atoms with Crippen LogP contribution in [0.5, 0.6) is 0 Å². The number of pyridine rings is 1. The molecule has 0 aliphatic heterocycles. The van der Waals surface area contributed by atoms with Crippen molar-refractivity contribution < 1.29 is 9.53 Å². The van der Waals surface area contributed by atoms with Gasteiger partial charge in [0.1, 0.15) is 5.69 Å². The van der Waals surface area contributed by atoms with Crippen LogP contribution in [-0.2, 0) is 4.74 Å². The maximum Gasteiger partial charge on any atom is 0.356 e. The molecule has 0 atom stereocenters. The molecular formula is C12H10BrNO2. The van der Waals surface area contributed by atoms with Crippen LogP contribution >= 0.6 is 15.9 Å². The van der Waals surface area contributed by atoms with E-state index in [0.29, 0.717) is 12.3 Å². The van der Waals surface area contributed by atoms with E-state index in [1.54, 1.807) is 19.2 Å². The lowest BCUT2D eigenvalue weighted by molar-refractivity contribution is 0.0520. The molecule has 1 aromatic carbocycles. The number of esters is 1. The predicted octanol–water partition coefficient (Wildman–Crippen LogP) is 3.17. The predicted molar refractivity (Wildman–Crippen MR) is 65.4 cm³/mol. The summed E-state index contributed by atoms with van der Waals surface area (Å²) in [5.41, 5.74) is 0.334. The first-order valence-electron chi connectivity index (χ1n) is 4.93. The number of benzene rings is 1. The minimum atomic E-state index is -0.389. The summed E-state index contributed by atoms with van der Waals surface area (Å²) in [7, 11) is 0. The molecule has 0 radical (unpaired) electrons. The van der Waals surface area contributed by atoms with Gasteiger partial charge in [-0.25, -0.2) is 9.78 Å². The Hall–Kier alpha value is -1.42. The van der Waals surface area contributed by atoms with Gasteiger partial charge in [0.05, 0.1) is 6.61 Å². The van der Waals surface area contributed by atoms with Crippen LogP contribution in [0, 0.1) is 0 Å². The molecule has 4 heteroatoms. The molecule has 2 aromatic rings. The number of nitrogens with zero attached hydrogens (tertiary/aromatic N) is 1. The lowest BCUT2D eigenvalue weighted by Crippen LogP contribution is -2.06. The molecule has 0 fully saturated rings. The second-order valence-electron chi connectivity index (χ2n) is 3.25. The van der Waals surface area contributed by atoms with E-state index in [1.165, 1.54) is 0 Å². The van der Waals surface area contributed by atoms with Gasteiger partial charge in [-0.15, -0.1) is 0 Å². The molecule has 2 rings (SSSR count). The second-order valence-corrected chi connectivity index (χ2v) is 4.11. The molecule has 0 N–H and O–H groups in total. The largest absolute Gasteiger partial charge is 0.461 e. The van der Waals surface area contributed by atoms with Crippen LogP contribution in [0.3, 0.4) is 0 Å². The highest BCUT2D eigenvalue weighted by Crippen LogP contribution is 2.23. The minimum absolute atomic E-state index is 0.334. The van der Waals surface area contributed by atoms with E-state index < -0.39 is 0 Å². The van der Waals surface area contributed by atoms with E-state index in [0.717, 1.165) is 15.2 Å². The summed E-state index contributed by atoms with van der Waals surface area (Å²) in [5, 5.41) is 1.95. The van der Waals surface area contributed by atoms with E-state index in [-0.39, 0.29) is 5.97 Å². The smallest absolute Gasteiger partial charge is 0.356 e.